The first kappa shape index (κ1) is 16.0. The van der Waals surface area contributed by atoms with Gasteiger partial charge < -0.3 is 0 Å². The number of rotatable bonds is 8. The second-order valence-electron chi connectivity index (χ2n) is 4.98. The van der Waals surface area contributed by atoms with Crippen LogP contribution >= 0.6 is 0 Å². The van der Waals surface area contributed by atoms with Gasteiger partial charge in [0.05, 0.1) is 19.2 Å². The summed E-state index contributed by atoms with van der Waals surface area (Å²) in [6.07, 6.45) is 10.5. The largest absolute Gasteiger partial charge is 0.281 e. The minimum atomic E-state index is 0.0315. The van der Waals surface area contributed by atoms with Crippen LogP contribution in [0.2, 0.25) is 0 Å². The molecule has 19 heavy (non-hydrogen) atoms. The zero-order chi connectivity index (χ0) is 14.1. The monoisotopic (exact) mass is 266 g/mol. The molecule has 0 bridgehead atoms. The summed E-state index contributed by atoms with van der Waals surface area (Å²) in [6.45, 7) is 6.70. The van der Waals surface area contributed by atoms with Crippen LogP contribution in [-0.2, 0) is 9.63 Å². The molecule has 4 nitrogen and oxygen atoms in total. The molecule has 4 heteroatoms. The van der Waals surface area contributed by atoms with Crippen LogP contribution in [0.15, 0.2) is 0 Å². The first-order valence-corrected chi connectivity index (χ1v) is 7.36. The van der Waals surface area contributed by atoms with Crippen LogP contribution in [-0.4, -0.2) is 48.2 Å². The lowest BCUT2D eigenvalue weighted by atomic mass is 10.2. The van der Waals surface area contributed by atoms with Crippen molar-refractivity contribution in [1.82, 2.24) is 9.96 Å². The summed E-state index contributed by atoms with van der Waals surface area (Å²) in [6, 6.07) is 0.114. The molecule has 1 amide bonds. The summed E-state index contributed by atoms with van der Waals surface area (Å²) in [4.78, 5) is 19.9. The number of unbranched alkanes of at least 4 members (excludes halogenated alkanes) is 1. The van der Waals surface area contributed by atoms with E-state index in [2.05, 4.69) is 17.7 Å². The fraction of sp³-hybridized carbons (Fsp3) is 0.800. The number of hydrogen-bond donors (Lipinski definition) is 0. The van der Waals surface area contributed by atoms with E-state index in [-0.39, 0.29) is 11.9 Å². The number of hydrogen-bond acceptors (Lipinski definition) is 3. The third-order valence-electron chi connectivity index (χ3n) is 3.34. The minimum absolute atomic E-state index is 0.0315. The Morgan fingerprint density at radius 3 is 2.89 bits per heavy atom. The summed E-state index contributed by atoms with van der Waals surface area (Å²) < 4.78 is 0. The van der Waals surface area contributed by atoms with E-state index in [9.17, 15) is 4.79 Å². The molecule has 1 fully saturated rings. The Morgan fingerprint density at radius 2 is 2.26 bits per heavy atom. The molecule has 0 aromatic rings. The van der Waals surface area contributed by atoms with Crippen molar-refractivity contribution in [3.63, 3.8) is 0 Å². The molecule has 0 saturated carbocycles. The van der Waals surface area contributed by atoms with Crippen molar-refractivity contribution in [3.05, 3.63) is 0 Å². The van der Waals surface area contributed by atoms with Gasteiger partial charge in [0.1, 0.15) is 0 Å². The normalized spacial score (nSPS) is 19.3. The van der Waals surface area contributed by atoms with Gasteiger partial charge in [-0.05, 0) is 32.2 Å². The molecule has 1 rings (SSSR count). The topological polar surface area (TPSA) is 32.8 Å². The van der Waals surface area contributed by atoms with E-state index in [1.54, 1.807) is 0 Å². The molecule has 1 atom stereocenters. The summed E-state index contributed by atoms with van der Waals surface area (Å²) in [7, 11) is 0. The molecule has 0 spiro atoms. The van der Waals surface area contributed by atoms with Gasteiger partial charge in [-0.2, -0.15) is 0 Å². The number of nitrogens with zero attached hydrogens (tertiary/aromatic N) is 2. The van der Waals surface area contributed by atoms with Gasteiger partial charge in [-0.1, -0.05) is 26.2 Å². The first-order chi connectivity index (χ1) is 9.22. The molecule has 108 valence electrons. The van der Waals surface area contributed by atoms with E-state index in [4.69, 9.17) is 11.3 Å². The van der Waals surface area contributed by atoms with Crippen molar-refractivity contribution in [1.29, 1.82) is 0 Å². The molecule has 0 aromatic heterocycles. The molecule has 1 unspecified atom stereocenters. The van der Waals surface area contributed by atoms with Gasteiger partial charge in [-0.25, -0.2) is 5.06 Å². The van der Waals surface area contributed by atoms with Crippen molar-refractivity contribution in [3.8, 4) is 12.3 Å². The van der Waals surface area contributed by atoms with Crippen LogP contribution in [0.4, 0.5) is 0 Å². The Balaban J connectivity index is 2.48. The summed E-state index contributed by atoms with van der Waals surface area (Å²) in [5.74, 6) is 2.79. The van der Waals surface area contributed by atoms with E-state index < -0.39 is 0 Å². The predicted molar refractivity (Wildman–Crippen MR) is 76.3 cm³/mol. The highest BCUT2D eigenvalue weighted by molar-refractivity contribution is 5.77. The average Bonchev–Trinajstić information content (AvgIpc) is 2.86. The van der Waals surface area contributed by atoms with Crippen molar-refractivity contribution >= 4 is 5.91 Å². The Bertz CT molecular complexity index is 304. The van der Waals surface area contributed by atoms with Gasteiger partial charge in [0.15, 0.2) is 0 Å². The fourth-order valence-corrected chi connectivity index (χ4v) is 2.22. The summed E-state index contributed by atoms with van der Waals surface area (Å²) in [5, 5.41) is 1.53. The Morgan fingerprint density at radius 1 is 1.47 bits per heavy atom. The highest BCUT2D eigenvalue weighted by Crippen LogP contribution is 2.16. The van der Waals surface area contributed by atoms with Crippen molar-refractivity contribution in [2.45, 2.75) is 52.0 Å². The van der Waals surface area contributed by atoms with E-state index in [0.29, 0.717) is 19.7 Å². The van der Waals surface area contributed by atoms with Crippen LogP contribution in [0.25, 0.3) is 0 Å². The third-order valence-corrected chi connectivity index (χ3v) is 3.34. The van der Waals surface area contributed by atoms with Crippen molar-refractivity contribution < 1.29 is 9.63 Å². The van der Waals surface area contributed by atoms with Crippen LogP contribution in [0.3, 0.4) is 0 Å². The van der Waals surface area contributed by atoms with E-state index >= 15 is 0 Å². The predicted octanol–water partition coefficient (Wildman–Crippen LogP) is 2.05. The van der Waals surface area contributed by atoms with Gasteiger partial charge in [-0.15, -0.1) is 6.42 Å². The lowest BCUT2D eigenvalue weighted by molar-refractivity contribution is -0.188. The highest BCUT2D eigenvalue weighted by Gasteiger charge is 2.26. The Hall–Kier alpha value is -1.05. The van der Waals surface area contributed by atoms with Crippen LogP contribution < -0.4 is 0 Å². The molecule has 0 radical (unpaired) electrons. The molecule has 0 aliphatic carbocycles. The summed E-state index contributed by atoms with van der Waals surface area (Å²) >= 11 is 0. The number of terminal acetylenes is 1. The zero-order valence-electron chi connectivity index (χ0n) is 12.2. The van der Waals surface area contributed by atoms with E-state index in [0.717, 1.165) is 38.6 Å². The van der Waals surface area contributed by atoms with Gasteiger partial charge in [0.2, 0.25) is 0 Å². The van der Waals surface area contributed by atoms with Gasteiger partial charge >= 0.3 is 0 Å². The van der Waals surface area contributed by atoms with E-state index in [1.165, 1.54) is 5.06 Å². The number of carbonyl (C=O) groups is 1. The van der Waals surface area contributed by atoms with Crippen LogP contribution in [0, 0.1) is 12.3 Å². The smallest absolute Gasteiger partial charge is 0.260 e. The van der Waals surface area contributed by atoms with Crippen molar-refractivity contribution in [2.24, 2.45) is 0 Å². The Kier molecular flexibility index (Phi) is 7.54. The number of likely N-dealkylation sites (tertiary alicyclic amines) is 1. The molecule has 0 N–H and O–H groups in total. The maximum atomic E-state index is 12.3. The average molecular weight is 266 g/mol. The van der Waals surface area contributed by atoms with Gasteiger partial charge in [0.25, 0.3) is 5.91 Å². The minimum Gasteiger partial charge on any atom is -0.281 e. The van der Waals surface area contributed by atoms with E-state index in [1.807, 2.05) is 6.92 Å². The molecular formula is C15H26N2O2. The number of carbonyl (C=O) groups excluding carboxylic acids is 1. The SMILES string of the molecule is C#CC1CCCN1CC(=O)N(CCCC)OCCC. The lowest BCUT2D eigenvalue weighted by Crippen LogP contribution is -2.42. The first-order valence-electron chi connectivity index (χ1n) is 7.36. The summed E-state index contributed by atoms with van der Waals surface area (Å²) in [5.41, 5.74) is 0. The van der Waals surface area contributed by atoms with Gasteiger partial charge in [0, 0.05) is 6.54 Å². The number of hydroxylamine groups is 2. The standard InChI is InChI=1S/C15H26N2O2/c1-4-7-11-17(19-12-5-2)15(18)13-16-10-8-9-14(16)6-3/h3,14H,4-5,7-13H2,1-2H3. The van der Waals surface area contributed by atoms with Crippen LogP contribution in [0.5, 0.6) is 0 Å². The zero-order valence-corrected chi connectivity index (χ0v) is 12.2. The number of amides is 1. The molecule has 1 saturated heterocycles. The molecule has 1 aliphatic heterocycles. The quantitative estimate of drug-likeness (QED) is 0.498. The molecule has 1 heterocycles. The fourth-order valence-electron chi connectivity index (χ4n) is 2.22. The van der Waals surface area contributed by atoms with Crippen LogP contribution in [0.1, 0.15) is 46.0 Å². The maximum Gasteiger partial charge on any atom is 0.260 e. The molecule has 0 aromatic carbocycles. The second kappa shape index (κ2) is 8.95. The highest BCUT2D eigenvalue weighted by atomic mass is 16.7. The van der Waals surface area contributed by atoms with Crippen molar-refractivity contribution in [2.75, 3.05) is 26.2 Å². The molecule has 1 aliphatic rings. The van der Waals surface area contributed by atoms with Gasteiger partial charge in [-0.3, -0.25) is 14.5 Å². The lowest BCUT2D eigenvalue weighted by Gasteiger charge is -2.26. The second-order valence-corrected chi connectivity index (χ2v) is 4.98. The maximum absolute atomic E-state index is 12.3. The molecular weight excluding hydrogens is 240 g/mol. The third kappa shape index (κ3) is 5.22. The Labute approximate surface area is 117 Å².